The van der Waals surface area contributed by atoms with E-state index in [0.717, 1.165) is 0 Å². The summed E-state index contributed by atoms with van der Waals surface area (Å²) in [7, 11) is 1.58. The highest BCUT2D eigenvalue weighted by atomic mass is 32.2. The first-order valence-corrected chi connectivity index (χ1v) is 10.2. The second-order valence-electron chi connectivity index (χ2n) is 6.43. The standard InChI is InChI=1S/C21H20N2O5S/c1-26-9-8-23-20(25)15-4-2-3-5-16(15)22-21(23)29-13-17(24)14-6-7-18-19(12-14)28-11-10-27-18/h2-7,12H,8-11,13H2,1H3. The van der Waals surface area contributed by atoms with Crippen LogP contribution in [0.4, 0.5) is 0 Å². The van der Waals surface area contributed by atoms with Crippen molar-refractivity contribution in [1.82, 2.24) is 9.55 Å². The van der Waals surface area contributed by atoms with Crippen molar-refractivity contribution in [3.8, 4) is 11.5 Å². The van der Waals surface area contributed by atoms with Gasteiger partial charge in [-0.05, 0) is 30.3 Å². The molecule has 8 heteroatoms. The molecular formula is C21H20N2O5S. The quantitative estimate of drug-likeness (QED) is 0.335. The summed E-state index contributed by atoms with van der Waals surface area (Å²) >= 11 is 1.24. The molecule has 0 spiro atoms. The SMILES string of the molecule is COCCn1c(SCC(=O)c2ccc3c(c2)OCCO3)nc2ccccc2c1=O. The van der Waals surface area contributed by atoms with E-state index in [0.29, 0.717) is 59.5 Å². The Morgan fingerprint density at radius 3 is 2.79 bits per heavy atom. The number of rotatable bonds is 7. The summed E-state index contributed by atoms with van der Waals surface area (Å²) in [6, 6.07) is 12.4. The molecule has 2 aromatic carbocycles. The molecule has 4 rings (SSSR count). The molecule has 3 aromatic rings. The first-order chi connectivity index (χ1) is 14.2. The fraction of sp³-hybridized carbons (Fsp3) is 0.286. The van der Waals surface area contributed by atoms with E-state index in [4.69, 9.17) is 14.2 Å². The maximum atomic E-state index is 12.9. The van der Waals surface area contributed by atoms with Crippen molar-refractivity contribution in [1.29, 1.82) is 0 Å². The molecule has 150 valence electrons. The molecule has 1 aliphatic heterocycles. The van der Waals surface area contributed by atoms with Gasteiger partial charge in [-0.25, -0.2) is 4.98 Å². The molecule has 0 saturated heterocycles. The lowest BCUT2D eigenvalue weighted by molar-refractivity contribution is 0.102. The molecule has 0 N–H and O–H groups in total. The number of ether oxygens (including phenoxy) is 3. The molecule has 0 amide bonds. The molecule has 1 aliphatic rings. The molecule has 0 unspecified atom stereocenters. The van der Waals surface area contributed by atoms with Crippen LogP contribution in [0.1, 0.15) is 10.4 Å². The number of methoxy groups -OCH3 is 1. The normalized spacial score (nSPS) is 12.9. The summed E-state index contributed by atoms with van der Waals surface area (Å²) in [6.45, 7) is 1.71. The Labute approximate surface area is 171 Å². The van der Waals surface area contributed by atoms with Gasteiger partial charge < -0.3 is 14.2 Å². The minimum atomic E-state index is -0.137. The molecule has 29 heavy (non-hydrogen) atoms. The monoisotopic (exact) mass is 412 g/mol. The number of hydrogen-bond acceptors (Lipinski definition) is 7. The third-order valence-corrected chi connectivity index (χ3v) is 5.52. The predicted octanol–water partition coefficient (Wildman–Crippen LogP) is 2.79. The van der Waals surface area contributed by atoms with Gasteiger partial charge in [0, 0.05) is 12.7 Å². The summed E-state index contributed by atoms with van der Waals surface area (Å²) in [5, 5.41) is 1.04. The van der Waals surface area contributed by atoms with E-state index in [1.54, 1.807) is 42.0 Å². The van der Waals surface area contributed by atoms with E-state index in [2.05, 4.69) is 4.98 Å². The van der Waals surface area contributed by atoms with E-state index < -0.39 is 0 Å². The van der Waals surface area contributed by atoms with Crippen molar-refractivity contribution in [3.63, 3.8) is 0 Å². The first-order valence-electron chi connectivity index (χ1n) is 9.21. The summed E-state index contributed by atoms with van der Waals surface area (Å²) in [4.78, 5) is 30.2. The van der Waals surface area contributed by atoms with Gasteiger partial charge in [0.05, 0.1) is 29.8 Å². The summed E-state index contributed by atoms with van der Waals surface area (Å²) in [5.74, 6) is 1.29. The lowest BCUT2D eigenvalue weighted by atomic mass is 10.1. The molecule has 0 fully saturated rings. The van der Waals surface area contributed by atoms with E-state index in [9.17, 15) is 9.59 Å². The van der Waals surface area contributed by atoms with Crippen LogP contribution in [0.5, 0.6) is 11.5 Å². The third kappa shape index (κ3) is 4.13. The highest BCUT2D eigenvalue weighted by molar-refractivity contribution is 7.99. The van der Waals surface area contributed by atoms with Crippen LogP contribution in [0.15, 0.2) is 52.4 Å². The van der Waals surface area contributed by atoms with Crippen molar-refractivity contribution in [2.24, 2.45) is 0 Å². The van der Waals surface area contributed by atoms with Crippen LogP contribution in [0.2, 0.25) is 0 Å². The largest absolute Gasteiger partial charge is 0.486 e. The second kappa shape index (κ2) is 8.67. The van der Waals surface area contributed by atoms with Crippen molar-refractivity contribution in [2.45, 2.75) is 11.7 Å². The van der Waals surface area contributed by atoms with Crippen molar-refractivity contribution < 1.29 is 19.0 Å². The summed E-state index contributed by atoms with van der Waals surface area (Å²) < 4.78 is 17.7. The van der Waals surface area contributed by atoms with Gasteiger partial charge >= 0.3 is 0 Å². The highest BCUT2D eigenvalue weighted by Crippen LogP contribution is 2.31. The van der Waals surface area contributed by atoms with Gasteiger partial charge in [-0.2, -0.15) is 0 Å². The average molecular weight is 412 g/mol. The van der Waals surface area contributed by atoms with E-state index >= 15 is 0 Å². The Balaban J connectivity index is 1.58. The lowest BCUT2D eigenvalue weighted by Crippen LogP contribution is -2.25. The number of thioether (sulfide) groups is 1. The zero-order chi connectivity index (χ0) is 20.2. The minimum Gasteiger partial charge on any atom is -0.486 e. The van der Waals surface area contributed by atoms with Crippen molar-refractivity contribution in [3.05, 3.63) is 58.4 Å². The van der Waals surface area contributed by atoms with E-state index in [-0.39, 0.29) is 17.1 Å². The first kappa shape index (κ1) is 19.5. The Hall–Kier alpha value is -2.84. The van der Waals surface area contributed by atoms with Gasteiger partial charge in [-0.1, -0.05) is 23.9 Å². The maximum Gasteiger partial charge on any atom is 0.262 e. The van der Waals surface area contributed by atoms with Crippen molar-refractivity contribution in [2.75, 3.05) is 32.7 Å². The van der Waals surface area contributed by atoms with Crippen LogP contribution < -0.4 is 15.0 Å². The van der Waals surface area contributed by atoms with Crippen LogP contribution in [0.3, 0.4) is 0 Å². The number of nitrogens with zero attached hydrogens (tertiary/aromatic N) is 2. The number of carbonyl (C=O) groups excluding carboxylic acids is 1. The molecule has 0 aliphatic carbocycles. The topological polar surface area (TPSA) is 79.7 Å². The number of aromatic nitrogens is 2. The Kier molecular flexibility index (Phi) is 5.82. The van der Waals surface area contributed by atoms with Gasteiger partial charge in [0.1, 0.15) is 13.2 Å². The molecular weight excluding hydrogens is 392 g/mol. The smallest absolute Gasteiger partial charge is 0.262 e. The van der Waals surface area contributed by atoms with Gasteiger partial charge in [0.2, 0.25) is 0 Å². The molecule has 0 atom stereocenters. The lowest BCUT2D eigenvalue weighted by Gasteiger charge is -2.18. The number of benzene rings is 2. The zero-order valence-electron chi connectivity index (χ0n) is 15.9. The Morgan fingerprint density at radius 1 is 1.17 bits per heavy atom. The molecule has 2 heterocycles. The number of hydrogen-bond donors (Lipinski definition) is 0. The number of ketones is 1. The van der Waals surface area contributed by atoms with Crippen LogP contribution >= 0.6 is 11.8 Å². The highest BCUT2D eigenvalue weighted by Gasteiger charge is 2.17. The van der Waals surface area contributed by atoms with Crippen LogP contribution in [-0.2, 0) is 11.3 Å². The van der Waals surface area contributed by atoms with Gasteiger partial charge in [0.15, 0.2) is 22.4 Å². The van der Waals surface area contributed by atoms with E-state index in [1.165, 1.54) is 11.8 Å². The Bertz CT molecular complexity index is 1110. The third-order valence-electron chi connectivity index (χ3n) is 4.54. The van der Waals surface area contributed by atoms with E-state index in [1.807, 2.05) is 12.1 Å². The summed E-state index contributed by atoms with van der Waals surface area (Å²) in [5.41, 5.74) is 1.01. The molecule has 7 nitrogen and oxygen atoms in total. The predicted molar refractivity (Wildman–Crippen MR) is 110 cm³/mol. The Morgan fingerprint density at radius 2 is 1.97 bits per heavy atom. The maximum absolute atomic E-state index is 12.9. The molecule has 0 saturated carbocycles. The number of para-hydroxylation sites is 1. The minimum absolute atomic E-state index is 0.0762. The van der Waals surface area contributed by atoms with Gasteiger partial charge in [0.25, 0.3) is 5.56 Å². The fourth-order valence-electron chi connectivity index (χ4n) is 3.07. The van der Waals surface area contributed by atoms with Crippen molar-refractivity contribution >= 4 is 28.4 Å². The van der Waals surface area contributed by atoms with Crippen LogP contribution in [0, 0.1) is 0 Å². The molecule has 1 aromatic heterocycles. The van der Waals surface area contributed by atoms with Crippen LogP contribution in [-0.4, -0.2) is 48.0 Å². The molecule has 0 bridgehead atoms. The number of Topliss-reactive ketones (excluding diaryl/α,β-unsaturated/α-hetero) is 1. The second-order valence-corrected chi connectivity index (χ2v) is 7.37. The van der Waals surface area contributed by atoms with Gasteiger partial charge in [-0.15, -0.1) is 0 Å². The van der Waals surface area contributed by atoms with Gasteiger partial charge in [-0.3, -0.25) is 14.2 Å². The fourth-order valence-corrected chi connectivity index (χ4v) is 3.99. The summed E-state index contributed by atoms with van der Waals surface area (Å²) in [6.07, 6.45) is 0. The number of carbonyl (C=O) groups is 1. The molecule has 0 radical (unpaired) electrons. The number of fused-ring (bicyclic) bond motifs is 2. The van der Waals surface area contributed by atoms with Crippen LogP contribution in [0.25, 0.3) is 10.9 Å². The average Bonchev–Trinajstić information content (AvgIpc) is 2.76. The zero-order valence-corrected chi connectivity index (χ0v) is 16.7.